The molecule has 5 heterocycles. The van der Waals surface area contributed by atoms with Gasteiger partial charge in [-0.25, -0.2) is 14.4 Å². The third-order valence-corrected chi connectivity index (χ3v) is 9.88. The van der Waals surface area contributed by atoms with Crippen molar-refractivity contribution in [3.05, 3.63) is 31.4 Å². The summed E-state index contributed by atoms with van der Waals surface area (Å²) in [5.74, 6) is -4.82. The monoisotopic (exact) mass is 919 g/mol. The molecule has 0 radical (unpaired) electrons. The van der Waals surface area contributed by atoms with E-state index >= 15 is 0 Å². The topological polar surface area (TPSA) is 268 Å². The number of carbonyl (C=O) groups is 6. The maximum atomic E-state index is 12.9. The Morgan fingerprint density at radius 1 is 0.810 bits per heavy atom. The Kier molecular flexibility index (Phi) is 19.6. The number of aliphatic hydroxyl groups excluding tert-OH is 1. The molecule has 63 heavy (non-hydrogen) atoms. The largest absolute Gasteiger partial charge is 0.467 e. The Morgan fingerprint density at radius 3 is 1.78 bits per heavy atom. The van der Waals surface area contributed by atoms with Gasteiger partial charge in [0.15, 0.2) is 23.8 Å². The highest BCUT2D eigenvalue weighted by Gasteiger charge is 2.57. The zero-order valence-corrected chi connectivity index (χ0v) is 39.2. The third-order valence-electron chi connectivity index (χ3n) is 9.88. The van der Waals surface area contributed by atoms with Crippen molar-refractivity contribution in [2.45, 2.75) is 167 Å². The van der Waals surface area contributed by atoms with E-state index in [-0.39, 0.29) is 41.7 Å². The Bertz CT molecular complexity index is 1680. The van der Waals surface area contributed by atoms with Crippen LogP contribution >= 0.6 is 12.4 Å². The van der Waals surface area contributed by atoms with Crippen molar-refractivity contribution in [2.75, 3.05) is 21.3 Å². The molecule has 0 aromatic heterocycles. The van der Waals surface area contributed by atoms with Crippen molar-refractivity contribution < 1.29 is 76.5 Å². The minimum absolute atomic E-state index is 0. The molecule has 20 nitrogen and oxygen atoms in total. The Balaban J connectivity index is 0.000000363. The van der Waals surface area contributed by atoms with Gasteiger partial charge in [0.05, 0.1) is 20.3 Å². The maximum absolute atomic E-state index is 12.9. The van der Waals surface area contributed by atoms with Crippen LogP contribution in [-0.2, 0) is 71.4 Å². The number of ether oxygens (including phenoxy) is 9. The number of esters is 3. The highest BCUT2D eigenvalue weighted by molar-refractivity contribution is 5.95. The summed E-state index contributed by atoms with van der Waals surface area (Å²) in [6, 6.07) is -2.89. The van der Waals surface area contributed by atoms with Crippen LogP contribution in [0, 0.1) is 17.9 Å². The molecule has 358 valence electrons. The summed E-state index contributed by atoms with van der Waals surface area (Å²) in [5.41, 5.74) is 5.23. The SMILES string of the molecule is COC(=O)C1CC(N)C(=O)N1.COC(=O)C1CC(NC(=O)[C@H](OC)[C@@H]2OC(C)(C)O[C@H](/C=C/C(C)(C)C)[C@@H]2O)C(=O)N1.Cl.[CH2+]O[C@H]1C(=O)O[C@@H]2[C@H]1OC(C)(C)O[C@@H]2/C=C/C(C)(C)C. The molecule has 5 saturated heterocycles. The number of methoxy groups -OCH3 is 3. The summed E-state index contributed by atoms with van der Waals surface area (Å²) in [6.45, 7) is 19.3. The summed E-state index contributed by atoms with van der Waals surface area (Å²) in [7, 11) is 7.14. The second-order valence-electron chi connectivity index (χ2n) is 18.5. The lowest BCUT2D eigenvalue weighted by atomic mass is 9.93. The summed E-state index contributed by atoms with van der Waals surface area (Å²) >= 11 is 0. The molecule has 0 aliphatic carbocycles. The number of aliphatic hydroxyl groups is 1. The van der Waals surface area contributed by atoms with Crippen molar-refractivity contribution in [1.82, 2.24) is 16.0 Å². The Morgan fingerprint density at radius 2 is 1.30 bits per heavy atom. The van der Waals surface area contributed by atoms with E-state index in [0.29, 0.717) is 6.42 Å². The predicted octanol–water partition coefficient (Wildman–Crippen LogP) is 1.04. The van der Waals surface area contributed by atoms with E-state index < -0.39 is 108 Å². The quantitative estimate of drug-likeness (QED) is 0.0936. The summed E-state index contributed by atoms with van der Waals surface area (Å²) in [6.07, 6.45) is 1.68. The summed E-state index contributed by atoms with van der Waals surface area (Å²) in [5, 5.41) is 18.3. The molecular formula is C42H68ClN4O16+. The van der Waals surface area contributed by atoms with E-state index in [2.05, 4.69) is 53.3 Å². The van der Waals surface area contributed by atoms with Crippen molar-refractivity contribution in [2.24, 2.45) is 16.6 Å². The molecule has 5 aliphatic heterocycles. The second-order valence-corrected chi connectivity index (χ2v) is 18.5. The molecule has 12 atom stereocenters. The molecule has 0 aromatic carbocycles. The van der Waals surface area contributed by atoms with E-state index in [1.807, 2.05) is 52.8 Å². The molecule has 5 aliphatic rings. The van der Waals surface area contributed by atoms with Crippen LogP contribution in [0.4, 0.5) is 0 Å². The minimum Gasteiger partial charge on any atom is -0.467 e. The lowest BCUT2D eigenvalue weighted by Gasteiger charge is -2.45. The molecule has 0 spiro atoms. The van der Waals surface area contributed by atoms with Gasteiger partial charge in [0, 0.05) is 20.0 Å². The highest BCUT2D eigenvalue weighted by atomic mass is 35.5. The molecule has 6 N–H and O–H groups in total. The van der Waals surface area contributed by atoms with Gasteiger partial charge >= 0.3 is 17.9 Å². The van der Waals surface area contributed by atoms with Crippen LogP contribution in [0.25, 0.3) is 0 Å². The van der Waals surface area contributed by atoms with E-state index in [4.69, 9.17) is 38.9 Å². The number of halogens is 1. The van der Waals surface area contributed by atoms with Gasteiger partial charge in [-0.05, 0) is 38.5 Å². The number of hydrogen-bond donors (Lipinski definition) is 5. The van der Waals surface area contributed by atoms with Gasteiger partial charge in [-0.3, -0.25) is 14.4 Å². The average Bonchev–Trinajstić information content (AvgIpc) is 3.82. The third kappa shape index (κ3) is 15.7. The van der Waals surface area contributed by atoms with E-state index in [9.17, 15) is 33.9 Å². The number of fused-ring (bicyclic) bond motifs is 1. The van der Waals surface area contributed by atoms with Gasteiger partial charge in [-0.15, -0.1) is 12.4 Å². The number of nitrogens with two attached hydrogens (primary N) is 1. The second kappa shape index (κ2) is 22.4. The average molecular weight is 920 g/mol. The Labute approximate surface area is 375 Å². The first-order valence-corrected chi connectivity index (χ1v) is 20.3. The first-order valence-electron chi connectivity index (χ1n) is 20.3. The number of nitrogens with one attached hydrogen (secondary N) is 3. The minimum atomic E-state index is -1.21. The van der Waals surface area contributed by atoms with Crippen LogP contribution in [0.5, 0.6) is 0 Å². The van der Waals surface area contributed by atoms with Crippen LogP contribution in [0.15, 0.2) is 24.3 Å². The standard InChI is InChI=1S/C21H34N2O8.C15H23O5.C6H10N2O3.ClH/c1-20(2,3)9-8-13-14(24)15(31-21(4,5)30-13)16(28-6)18(26)22-11-10-12(19(27)29-7)23-17(11)25;1-14(2,3)8-7-9-10-11(20-15(4,5)19-9)12(17-6)13(16)18-10;1-11-6(10)4-2-3(7)5(9)8-4;/h8-9,11-16,24H,10H2,1-7H3,(H,22,26)(H,23,25);7-12H,6H2,1-5H3;3-4H,2,7H2,1H3,(H,8,9);1H/q;+1;;/b9-8+;8-7+;;/t11?,12?,13-,14+,15-,16-;9-,10+,11-,12-;;/m11../s1. The normalized spacial score (nSPS) is 32.6. The van der Waals surface area contributed by atoms with Crippen LogP contribution in [-0.4, -0.2) is 147 Å². The van der Waals surface area contributed by atoms with Gasteiger partial charge < -0.3 is 64.7 Å². The van der Waals surface area contributed by atoms with Gasteiger partial charge in [0.25, 0.3) is 5.91 Å². The van der Waals surface area contributed by atoms with Crippen molar-refractivity contribution in [1.29, 1.82) is 0 Å². The zero-order chi connectivity index (χ0) is 47.1. The molecule has 0 bridgehead atoms. The molecule has 5 fully saturated rings. The van der Waals surface area contributed by atoms with E-state index in [1.54, 1.807) is 19.9 Å². The van der Waals surface area contributed by atoms with E-state index in [0.717, 1.165) is 0 Å². The number of allylic oxidation sites excluding steroid dienone is 2. The van der Waals surface area contributed by atoms with Crippen molar-refractivity contribution in [3.63, 3.8) is 0 Å². The van der Waals surface area contributed by atoms with Crippen molar-refractivity contribution in [3.8, 4) is 0 Å². The predicted molar refractivity (Wildman–Crippen MR) is 226 cm³/mol. The lowest BCUT2D eigenvalue weighted by Crippen LogP contribution is -2.61. The van der Waals surface area contributed by atoms with Gasteiger partial charge in [-0.2, -0.15) is 4.74 Å². The molecule has 4 unspecified atom stereocenters. The van der Waals surface area contributed by atoms with Crippen LogP contribution in [0.2, 0.25) is 0 Å². The first kappa shape index (κ1) is 55.3. The maximum Gasteiger partial charge on any atom is 0.343 e. The molecule has 21 heteroatoms. The molecule has 5 rings (SSSR count). The molecule has 3 amide bonds. The van der Waals surface area contributed by atoms with Gasteiger partial charge in [0.1, 0.15) is 48.6 Å². The fraction of sp³-hybridized carbons (Fsp3) is 0.738. The van der Waals surface area contributed by atoms with E-state index in [1.165, 1.54) is 21.3 Å². The highest BCUT2D eigenvalue weighted by Crippen LogP contribution is 2.37. The van der Waals surface area contributed by atoms with Gasteiger partial charge in [-0.1, -0.05) is 65.8 Å². The number of hydrogen-bond acceptors (Lipinski definition) is 17. The van der Waals surface area contributed by atoms with Crippen LogP contribution in [0.3, 0.4) is 0 Å². The first-order chi connectivity index (χ1) is 28.6. The van der Waals surface area contributed by atoms with Crippen LogP contribution in [0.1, 0.15) is 82.1 Å². The molecule has 0 aromatic rings. The molecular weight excluding hydrogens is 852 g/mol. The lowest BCUT2D eigenvalue weighted by molar-refractivity contribution is -0.334. The fourth-order valence-corrected chi connectivity index (χ4v) is 6.93. The van der Waals surface area contributed by atoms with Crippen molar-refractivity contribution >= 4 is 48.0 Å². The number of carbonyl (C=O) groups excluding carboxylic acids is 6. The Hall–Kier alpha value is -3.86. The number of amides is 3. The smallest absolute Gasteiger partial charge is 0.343 e. The zero-order valence-electron chi connectivity index (χ0n) is 38.4. The summed E-state index contributed by atoms with van der Waals surface area (Å²) in [4.78, 5) is 70.1. The fourth-order valence-electron chi connectivity index (χ4n) is 6.93. The summed E-state index contributed by atoms with van der Waals surface area (Å²) < 4.78 is 48.0. The molecule has 0 saturated carbocycles. The van der Waals surface area contributed by atoms with Gasteiger partial charge in [0.2, 0.25) is 25.0 Å². The number of rotatable bonds is 9. The van der Waals surface area contributed by atoms with Crippen LogP contribution < -0.4 is 21.7 Å².